The molecule has 0 aromatic carbocycles. The molecule has 0 aliphatic heterocycles. The molecule has 0 saturated heterocycles. The van der Waals surface area contributed by atoms with Gasteiger partial charge < -0.3 is 37.4 Å². The minimum absolute atomic E-state index is 0.0326. The van der Waals surface area contributed by atoms with Crippen LogP contribution in [0.25, 0.3) is 0 Å². The number of carboxylic acids is 1. The fourth-order valence-electron chi connectivity index (χ4n) is 7.71. The van der Waals surface area contributed by atoms with E-state index < -0.39 is 5.97 Å². The zero-order chi connectivity index (χ0) is 64.7. The summed E-state index contributed by atoms with van der Waals surface area (Å²) < 4.78 is 0. The van der Waals surface area contributed by atoms with Crippen molar-refractivity contribution in [1.29, 1.82) is 0 Å². The van der Waals surface area contributed by atoms with Crippen LogP contribution < -0.4 is 32.3 Å². The Morgan fingerprint density at radius 2 is 0.622 bits per heavy atom. The smallest absolute Gasteiger partial charge is 0.303 e. The van der Waals surface area contributed by atoms with E-state index in [2.05, 4.69) is 224 Å². The SMILES string of the molecule is CC(C)CN(CC(=O)NC(C)C(C)C)C(C)C.CC(C)CN(CC(=O)NCCCC(=O)O)C(C)C.CC(C)CN(CC(=O)NCCCN)C(C)C.CCCCNC(=O)CN(CC(C)C)C(C)C.CCCNC(=O)CN(CC(C)C)C(C)C. The molecule has 82 heavy (non-hydrogen) atoms. The Morgan fingerprint density at radius 3 is 0.841 bits per heavy atom. The number of unbranched alkanes of at least 4 members (excludes halogenated alkanes) is 1. The Balaban J connectivity index is -0.000000302. The number of nitrogens with one attached hydrogen (secondary N) is 5. The molecule has 0 bridgehead atoms. The number of amides is 5. The van der Waals surface area contributed by atoms with Gasteiger partial charge in [-0.2, -0.15) is 0 Å². The van der Waals surface area contributed by atoms with Gasteiger partial charge in [0.1, 0.15) is 0 Å². The standard InChI is InChI=1S/C14H30N2O.C13H26N2O3.C13H28N2O.C12H27N3O.C12H26N2O/c1-10(2)8-16(12(5)6)9-14(17)15-13(7)11(3)4;1-10(2)8-15(11(3)4)9-12(16)14-7-5-6-13(17)18;1-6-7-8-14-13(16)10-15(12(4)5)9-11(2)3;1-10(2)8-15(11(3)4)9-12(16)14-7-5-6-13;1-6-7-13-12(15)9-14(11(4)5)8-10(2)3/h10-13H,8-9H2,1-7H3,(H,15,17);10-11H,5-9H2,1-4H3,(H,14,16)(H,17,18);11-12H,6-10H2,1-5H3,(H,14,16);10-11H,5-9,13H2,1-4H3,(H,14,16);10-11H,6-9H2,1-5H3,(H,13,15). The van der Waals surface area contributed by atoms with E-state index in [1.807, 2.05) is 0 Å². The van der Waals surface area contributed by atoms with Crippen LogP contribution in [0.4, 0.5) is 0 Å². The van der Waals surface area contributed by atoms with Gasteiger partial charge in [0.25, 0.3) is 0 Å². The Bertz CT molecular complexity index is 1530. The third-order valence-corrected chi connectivity index (χ3v) is 12.8. The summed E-state index contributed by atoms with van der Waals surface area (Å²) in [5.41, 5.74) is 5.37. The summed E-state index contributed by atoms with van der Waals surface area (Å²) in [6.07, 6.45) is 4.61. The second-order valence-corrected chi connectivity index (χ2v) is 26.1. The fraction of sp³-hybridized carbons (Fsp3) is 0.906. The highest BCUT2D eigenvalue weighted by atomic mass is 16.4. The lowest BCUT2D eigenvalue weighted by Crippen LogP contribution is -2.45. The molecule has 0 saturated carbocycles. The molecule has 0 fully saturated rings. The lowest BCUT2D eigenvalue weighted by molar-refractivity contribution is -0.137. The molecule has 0 aromatic heterocycles. The molecule has 490 valence electrons. The molecule has 0 spiro atoms. The zero-order valence-electron chi connectivity index (χ0n) is 58.0. The molecule has 0 radical (unpaired) electrons. The Hall–Kier alpha value is -3.42. The van der Waals surface area contributed by atoms with Gasteiger partial charge in [-0.3, -0.25) is 53.3 Å². The molecule has 18 heteroatoms. The summed E-state index contributed by atoms with van der Waals surface area (Å²) in [5, 5.41) is 23.0. The van der Waals surface area contributed by atoms with Crippen molar-refractivity contribution in [2.24, 2.45) is 41.2 Å². The molecular weight excluding hydrogens is 1030 g/mol. The second-order valence-electron chi connectivity index (χ2n) is 26.1. The third kappa shape index (κ3) is 59.7. The van der Waals surface area contributed by atoms with Gasteiger partial charge in [0.15, 0.2) is 0 Å². The molecular formula is C64H137N11O7. The van der Waals surface area contributed by atoms with Crippen LogP contribution >= 0.6 is 0 Å². The van der Waals surface area contributed by atoms with Gasteiger partial charge in [-0.15, -0.1) is 0 Å². The van der Waals surface area contributed by atoms with Crippen LogP contribution in [0.2, 0.25) is 0 Å². The first kappa shape index (κ1) is 87.4. The number of hydrogen-bond acceptors (Lipinski definition) is 12. The Morgan fingerprint density at radius 1 is 0.366 bits per heavy atom. The predicted octanol–water partition coefficient (Wildman–Crippen LogP) is 8.81. The molecule has 0 aliphatic carbocycles. The predicted molar refractivity (Wildman–Crippen MR) is 348 cm³/mol. The highest BCUT2D eigenvalue weighted by Crippen LogP contribution is 2.08. The maximum Gasteiger partial charge on any atom is 0.303 e. The van der Waals surface area contributed by atoms with Gasteiger partial charge in [-0.25, -0.2) is 0 Å². The summed E-state index contributed by atoms with van der Waals surface area (Å²) in [6.45, 7) is 63.9. The van der Waals surface area contributed by atoms with E-state index in [1.165, 1.54) is 0 Å². The molecule has 0 rings (SSSR count). The first-order valence-electron chi connectivity index (χ1n) is 32.0. The monoisotopic (exact) mass is 1170 g/mol. The Labute approximate surface area is 505 Å². The maximum absolute atomic E-state index is 11.9. The van der Waals surface area contributed by atoms with Crippen molar-refractivity contribution in [3.63, 3.8) is 0 Å². The molecule has 0 aliphatic rings. The lowest BCUT2D eigenvalue weighted by Gasteiger charge is -2.28. The van der Waals surface area contributed by atoms with E-state index in [9.17, 15) is 28.8 Å². The van der Waals surface area contributed by atoms with Crippen molar-refractivity contribution >= 4 is 35.5 Å². The highest BCUT2D eigenvalue weighted by Gasteiger charge is 2.20. The Kier molecular flexibility index (Phi) is 57.8. The van der Waals surface area contributed by atoms with Crippen molar-refractivity contribution in [3.8, 4) is 0 Å². The van der Waals surface area contributed by atoms with Crippen LogP contribution in [-0.2, 0) is 28.8 Å². The molecule has 5 amide bonds. The molecule has 1 unspecified atom stereocenters. The summed E-state index contributed by atoms with van der Waals surface area (Å²) >= 11 is 0. The van der Waals surface area contributed by atoms with Crippen molar-refractivity contribution in [2.45, 2.75) is 248 Å². The van der Waals surface area contributed by atoms with Gasteiger partial charge >= 0.3 is 5.97 Å². The number of carboxylic acid groups (broad SMARTS) is 1. The highest BCUT2D eigenvalue weighted by molar-refractivity contribution is 5.79. The summed E-state index contributed by atoms with van der Waals surface area (Å²) in [6, 6.07) is 2.26. The second kappa shape index (κ2) is 54.2. The minimum atomic E-state index is -0.826. The summed E-state index contributed by atoms with van der Waals surface area (Å²) in [7, 11) is 0. The lowest BCUT2D eigenvalue weighted by atomic mass is 10.1. The summed E-state index contributed by atoms with van der Waals surface area (Å²) in [4.78, 5) is 79.7. The van der Waals surface area contributed by atoms with Crippen LogP contribution in [-0.4, -0.2) is 200 Å². The van der Waals surface area contributed by atoms with Gasteiger partial charge in [0, 0.05) is 102 Å². The molecule has 18 nitrogen and oxygen atoms in total. The fourth-order valence-corrected chi connectivity index (χ4v) is 7.71. The number of carbonyl (C=O) groups is 6. The zero-order valence-corrected chi connectivity index (χ0v) is 58.0. The van der Waals surface area contributed by atoms with E-state index in [1.54, 1.807) is 0 Å². The van der Waals surface area contributed by atoms with E-state index in [4.69, 9.17) is 10.8 Å². The van der Waals surface area contributed by atoms with E-state index in [0.29, 0.717) is 124 Å². The number of carbonyl (C=O) groups excluding carboxylic acids is 5. The van der Waals surface area contributed by atoms with Crippen LogP contribution in [0, 0.1) is 35.5 Å². The average Bonchev–Trinajstić information content (AvgIpc) is 3.33. The van der Waals surface area contributed by atoms with E-state index in [-0.39, 0.29) is 42.0 Å². The molecule has 1 atom stereocenters. The number of aliphatic carboxylic acids is 1. The number of hydrogen-bond donors (Lipinski definition) is 7. The van der Waals surface area contributed by atoms with E-state index in [0.717, 1.165) is 71.5 Å². The average molecular weight is 1170 g/mol. The van der Waals surface area contributed by atoms with Crippen LogP contribution in [0.3, 0.4) is 0 Å². The largest absolute Gasteiger partial charge is 0.481 e. The van der Waals surface area contributed by atoms with Crippen molar-refractivity contribution < 1.29 is 33.9 Å². The van der Waals surface area contributed by atoms with Crippen LogP contribution in [0.1, 0.15) is 212 Å². The van der Waals surface area contributed by atoms with Crippen molar-refractivity contribution in [2.75, 3.05) is 98.2 Å². The molecule has 8 N–H and O–H groups in total. The van der Waals surface area contributed by atoms with Crippen LogP contribution in [0.5, 0.6) is 0 Å². The van der Waals surface area contributed by atoms with E-state index >= 15 is 0 Å². The summed E-state index contributed by atoms with van der Waals surface area (Å²) in [5.74, 6) is 3.06. The topological polar surface area (TPSA) is 225 Å². The van der Waals surface area contributed by atoms with Gasteiger partial charge in [-0.05, 0) is 144 Å². The molecule has 0 heterocycles. The van der Waals surface area contributed by atoms with Crippen molar-refractivity contribution in [3.05, 3.63) is 0 Å². The maximum atomic E-state index is 11.9. The third-order valence-electron chi connectivity index (χ3n) is 12.8. The number of nitrogens with zero attached hydrogens (tertiary/aromatic N) is 5. The quantitative estimate of drug-likeness (QED) is 0.0286. The number of rotatable bonds is 39. The van der Waals surface area contributed by atoms with Crippen molar-refractivity contribution in [1.82, 2.24) is 51.1 Å². The first-order valence-corrected chi connectivity index (χ1v) is 32.0. The first-order chi connectivity index (χ1) is 38.0. The van der Waals surface area contributed by atoms with Gasteiger partial charge in [-0.1, -0.05) is 103 Å². The van der Waals surface area contributed by atoms with Crippen LogP contribution in [0.15, 0.2) is 0 Å². The number of nitrogens with two attached hydrogens (primary N) is 1. The van der Waals surface area contributed by atoms with Gasteiger partial charge in [0.05, 0.1) is 32.7 Å². The minimum Gasteiger partial charge on any atom is -0.481 e. The normalized spacial score (nSPS) is 11.9. The van der Waals surface area contributed by atoms with Gasteiger partial charge in [0.2, 0.25) is 29.5 Å². The molecule has 0 aromatic rings.